The van der Waals surface area contributed by atoms with Crippen LogP contribution in [0.15, 0.2) is 115 Å². The zero-order valence-electron chi connectivity index (χ0n) is 22.7. The van der Waals surface area contributed by atoms with E-state index in [9.17, 15) is 9.90 Å². The van der Waals surface area contributed by atoms with E-state index in [2.05, 4.69) is 16.9 Å². The van der Waals surface area contributed by atoms with Crippen LogP contribution in [0, 0.1) is 0 Å². The zero-order chi connectivity index (χ0) is 27.0. The lowest BCUT2D eigenvalue weighted by atomic mass is 10.0. The van der Waals surface area contributed by atoms with Crippen molar-refractivity contribution in [2.45, 2.75) is 77.6 Å². The van der Waals surface area contributed by atoms with Crippen molar-refractivity contribution in [2.24, 2.45) is 20.0 Å². The van der Waals surface area contributed by atoms with Gasteiger partial charge >= 0.3 is 5.97 Å². The third kappa shape index (κ3) is 6.94. The Bertz CT molecular complexity index is 1400. The second-order valence-electron chi connectivity index (χ2n) is 10.4. The number of carbonyl (C=O) groups is 1. The largest absolute Gasteiger partial charge is 0.478 e. The van der Waals surface area contributed by atoms with Crippen LogP contribution in [0.3, 0.4) is 0 Å². The van der Waals surface area contributed by atoms with Crippen LogP contribution in [0.5, 0.6) is 0 Å². The summed E-state index contributed by atoms with van der Waals surface area (Å²) in [4.78, 5) is 31.1. The van der Waals surface area contributed by atoms with E-state index >= 15 is 0 Å². The Morgan fingerprint density at radius 1 is 0.615 bits per heavy atom. The zero-order valence-corrected chi connectivity index (χ0v) is 22.7. The molecule has 0 fully saturated rings. The van der Waals surface area contributed by atoms with E-state index in [0.29, 0.717) is 17.1 Å². The number of unbranched alkanes of at least 4 members (excludes halogenated alkanes) is 9. The van der Waals surface area contributed by atoms with Gasteiger partial charge in [-0.1, -0.05) is 64.7 Å². The van der Waals surface area contributed by atoms with Crippen LogP contribution >= 0.6 is 0 Å². The molecule has 0 amide bonds. The van der Waals surface area contributed by atoms with Crippen LogP contribution in [-0.2, 0) is 4.79 Å². The summed E-state index contributed by atoms with van der Waals surface area (Å²) in [6.07, 6.45) is 32.6. The van der Waals surface area contributed by atoms with Gasteiger partial charge < -0.3 is 5.11 Å². The van der Waals surface area contributed by atoms with Gasteiger partial charge in [0, 0.05) is 0 Å². The Labute approximate surface area is 230 Å². The van der Waals surface area contributed by atoms with E-state index in [0.717, 1.165) is 53.4 Å². The van der Waals surface area contributed by atoms with Crippen molar-refractivity contribution in [1.82, 2.24) is 0 Å². The Balaban J connectivity index is 1.35. The van der Waals surface area contributed by atoms with Crippen LogP contribution < -0.4 is 0 Å². The molecule has 0 atom stereocenters. The number of allylic oxidation sites excluding steroid dienone is 11. The van der Waals surface area contributed by atoms with Crippen LogP contribution in [0.4, 0.5) is 0 Å². The van der Waals surface area contributed by atoms with Gasteiger partial charge in [-0.15, -0.1) is 0 Å². The molecule has 0 aliphatic carbocycles. The highest BCUT2D eigenvalue weighted by Crippen LogP contribution is 2.29. The van der Waals surface area contributed by atoms with Crippen LogP contribution in [0.1, 0.15) is 77.6 Å². The molecule has 0 saturated carbocycles. The molecule has 0 unspecified atom stereocenters. The van der Waals surface area contributed by atoms with Crippen molar-refractivity contribution in [1.29, 1.82) is 0 Å². The monoisotopic (exact) mass is 520 g/mol. The lowest BCUT2D eigenvalue weighted by Crippen LogP contribution is -2.11. The van der Waals surface area contributed by atoms with Gasteiger partial charge in [0.15, 0.2) is 0 Å². The van der Waals surface area contributed by atoms with E-state index in [1.807, 2.05) is 54.7 Å². The predicted molar refractivity (Wildman–Crippen MR) is 161 cm³/mol. The summed E-state index contributed by atoms with van der Waals surface area (Å²) in [5, 5.41) is 10.1. The summed E-state index contributed by atoms with van der Waals surface area (Å²) in [6.45, 7) is 2.26. The highest BCUT2D eigenvalue weighted by Gasteiger charge is 2.25. The topological polar surface area (TPSA) is 86.7 Å². The first kappa shape index (κ1) is 26.7. The van der Waals surface area contributed by atoms with Gasteiger partial charge in [-0.25, -0.2) is 24.8 Å². The molecular formula is C33H36N4O2. The second-order valence-corrected chi connectivity index (χ2v) is 10.4. The maximum atomic E-state index is 12.4. The fourth-order valence-corrected chi connectivity index (χ4v) is 5.23. The first-order valence-electron chi connectivity index (χ1n) is 14.3. The van der Waals surface area contributed by atoms with Gasteiger partial charge in [0.25, 0.3) is 0 Å². The molecule has 200 valence electrons. The Morgan fingerprint density at radius 2 is 1.18 bits per heavy atom. The molecule has 6 heteroatoms. The van der Waals surface area contributed by atoms with E-state index in [-0.39, 0.29) is 5.57 Å². The maximum absolute atomic E-state index is 12.4. The average molecular weight is 521 g/mol. The fraction of sp³-hybridized carbons (Fsp3) is 0.364. The van der Waals surface area contributed by atoms with Gasteiger partial charge in [-0.05, 0) is 79.2 Å². The number of aliphatic carboxylic acids is 1. The predicted octanol–water partition coefficient (Wildman–Crippen LogP) is 7.71. The number of nitrogens with zero attached hydrogens (tertiary/aromatic N) is 4. The van der Waals surface area contributed by atoms with E-state index in [1.165, 1.54) is 51.4 Å². The number of hydrogen-bond donors (Lipinski definition) is 1. The highest BCUT2D eigenvalue weighted by molar-refractivity contribution is 6.27. The molecule has 1 N–H and O–H groups in total. The minimum atomic E-state index is -1.03. The van der Waals surface area contributed by atoms with E-state index in [4.69, 9.17) is 9.98 Å². The molecule has 5 heterocycles. The summed E-state index contributed by atoms with van der Waals surface area (Å²) in [6, 6.07) is 0. The summed E-state index contributed by atoms with van der Waals surface area (Å²) >= 11 is 0. The lowest BCUT2D eigenvalue weighted by Gasteiger charge is -2.05. The Kier molecular flexibility index (Phi) is 8.71. The summed E-state index contributed by atoms with van der Waals surface area (Å²) in [5.74, 6) is -1.03. The van der Waals surface area contributed by atoms with Gasteiger partial charge in [0.1, 0.15) is 5.57 Å². The number of aliphatic imine (C=N–C) groups is 4. The quantitative estimate of drug-likeness (QED) is 0.267. The van der Waals surface area contributed by atoms with Gasteiger partial charge in [0.2, 0.25) is 0 Å². The highest BCUT2D eigenvalue weighted by atomic mass is 16.4. The van der Waals surface area contributed by atoms with Crippen LogP contribution in [-0.4, -0.2) is 33.9 Å². The molecule has 8 bridgehead atoms. The summed E-state index contributed by atoms with van der Waals surface area (Å²) in [7, 11) is 0. The molecule has 0 saturated heterocycles. The number of carboxylic acids is 1. The maximum Gasteiger partial charge on any atom is 0.340 e. The average Bonchev–Trinajstić information content (AvgIpc) is 3.71. The van der Waals surface area contributed by atoms with Gasteiger partial charge in [-0.3, -0.25) is 0 Å². The molecule has 0 aromatic rings. The molecule has 5 aliphatic heterocycles. The van der Waals surface area contributed by atoms with E-state index < -0.39 is 5.97 Å². The first-order valence-corrected chi connectivity index (χ1v) is 14.3. The van der Waals surface area contributed by atoms with Crippen molar-refractivity contribution in [3.63, 3.8) is 0 Å². The Hall–Kier alpha value is -3.93. The van der Waals surface area contributed by atoms with Crippen molar-refractivity contribution in [2.75, 3.05) is 0 Å². The number of fused-ring (bicyclic) bond motifs is 4. The number of hydrogen-bond acceptors (Lipinski definition) is 5. The van der Waals surface area contributed by atoms with Crippen LogP contribution in [0.25, 0.3) is 0 Å². The molecule has 0 radical (unpaired) electrons. The molecular weight excluding hydrogens is 484 g/mol. The molecule has 0 spiro atoms. The fourth-order valence-electron chi connectivity index (χ4n) is 5.23. The smallest absolute Gasteiger partial charge is 0.340 e. The Morgan fingerprint density at radius 3 is 1.82 bits per heavy atom. The standard InChI is InChI=1S/C33H36N4O2/c1-2-3-4-5-6-7-8-9-10-11-12-23-19-31-32(33(38)39)29-18-17-27(36-29)21-26-14-13-24(34-26)20-25-15-16-28(35-25)22-30(23)37-31/h13-22H,2-12H2,1H3,(H,38,39). The molecule has 0 aromatic heterocycles. The first-order chi connectivity index (χ1) is 19.1. The minimum absolute atomic E-state index is 0.117. The molecule has 6 nitrogen and oxygen atoms in total. The molecule has 5 rings (SSSR count). The lowest BCUT2D eigenvalue weighted by molar-refractivity contribution is -0.132. The summed E-state index contributed by atoms with van der Waals surface area (Å²) in [5.41, 5.74) is 6.67. The van der Waals surface area contributed by atoms with Crippen molar-refractivity contribution < 1.29 is 9.90 Å². The summed E-state index contributed by atoms with van der Waals surface area (Å²) < 4.78 is 0. The second kappa shape index (κ2) is 12.7. The van der Waals surface area contributed by atoms with Gasteiger partial charge in [0.05, 0.1) is 45.6 Å². The number of carboxylic acid groups (broad SMARTS) is 1. The molecule has 39 heavy (non-hydrogen) atoms. The normalized spacial score (nSPS) is 19.0. The van der Waals surface area contributed by atoms with Crippen molar-refractivity contribution in [3.05, 3.63) is 94.7 Å². The number of rotatable bonds is 12. The minimum Gasteiger partial charge on any atom is -0.478 e. The third-order valence-electron chi connectivity index (χ3n) is 7.31. The van der Waals surface area contributed by atoms with Gasteiger partial charge in [-0.2, -0.15) is 0 Å². The van der Waals surface area contributed by atoms with E-state index in [1.54, 1.807) is 6.08 Å². The third-order valence-corrected chi connectivity index (χ3v) is 7.31. The molecule has 0 aromatic carbocycles. The SMILES string of the molecule is CCCCCCCCCCCCC1=CC2=C(C(=O)O)C3=NC(=CC4=NC(=CC5=NC(=CC1=N2)C=C5)C=C4)C=C3. The van der Waals surface area contributed by atoms with Crippen molar-refractivity contribution >= 4 is 28.8 Å². The molecule has 5 aliphatic rings. The van der Waals surface area contributed by atoms with Crippen molar-refractivity contribution in [3.8, 4) is 0 Å². The van der Waals surface area contributed by atoms with Crippen LogP contribution in [0.2, 0.25) is 0 Å².